The van der Waals surface area contributed by atoms with Crippen molar-refractivity contribution < 1.29 is 9.53 Å². The highest BCUT2D eigenvalue weighted by molar-refractivity contribution is 5.85. The quantitative estimate of drug-likeness (QED) is 0.824. The van der Waals surface area contributed by atoms with Crippen LogP contribution in [-0.2, 0) is 14.9 Å². The van der Waals surface area contributed by atoms with Crippen molar-refractivity contribution in [3.8, 4) is 0 Å². The fourth-order valence-corrected chi connectivity index (χ4v) is 5.37. The molecule has 1 amide bonds. The smallest absolute Gasteiger partial charge is 0.237 e. The molecule has 150 valence electrons. The van der Waals surface area contributed by atoms with Crippen molar-refractivity contribution in [3.63, 3.8) is 0 Å². The van der Waals surface area contributed by atoms with Gasteiger partial charge in [-0.1, -0.05) is 37.1 Å². The Hall–Kier alpha value is -1.10. The molecule has 2 N–H and O–H groups in total. The molecule has 3 aliphatic rings. The lowest BCUT2D eigenvalue weighted by atomic mass is 9.72. The molecule has 5 heteroatoms. The highest BCUT2D eigenvalue weighted by Crippen LogP contribution is 2.37. The maximum absolute atomic E-state index is 12.9. The third-order valence-corrected chi connectivity index (χ3v) is 6.95. The van der Waals surface area contributed by atoms with Gasteiger partial charge in [0.05, 0.1) is 6.04 Å². The van der Waals surface area contributed by atoms with E-state index in [1.807, 2.05) is 0 Å². The lowest BCUT2D eigenvalue weighted by Gasteiger charge is -2.39. The number of hydrogen-bond acceptors (Lipinski definition) is 3. The summed E-state index contributed by atoms with van der Waals surface area (Å²) in [6, 6.07) is 9.18. The Morgan fingerprint density at radius 2 is 1.96 bits per heavy atom. The average molecular weight is 393 g/mol. The molecule has 3 unspecified atom stereocenters. The van der Waals surface area contributed by atoms with Gasteiger partial charge in [-0.15, -0.1) is 12.4 Å². The minimum absolute atomic E-state index is 0. The fraction of sp³-hybridized carbons (Fsp3) is 0.682. The van der Waals surface area contributed by atoms with E-state index in [0.717, 1.165) is 32.5 Å². The summed E-state index contributed by atoms with van der Waals surface area (Å²) < 4.78 is 5.63. The third-order valence-electron chi connectivity index (χ3n) is 6.95. The van der Waals surface area contributed by atoms with Crippen molar-refractivity contribution in [1.29, 1.82) is 0 Å². The molecule has 3 atom stereocenters. The second kappa shape index (κ2) is 8.93. The number of amides is 1. The van der Waals surface area contributed by atoms with Crippen LogP contribution in [0, 0.1) is 12.8 Å². The van der Waals surface area contributed by atoms with Gasteiger partial charge in [-0.2, -0.15) is 0 Å². The van der Waals surface area contributed by atoms with E-state index in [0.29, 0.717) is 18.5 Å². The van der Waals surface area contributed by atoms with Crippen molar-refractivity contribution in [2.45, 2.75) is 69.4 Å². The van der Waals surface area contributed by atoms with Crippen molar-refractivity contribution >= 4 is 18.3 Å². The first-order valence-corrected chi connectivity index (χ1v) is 10.4. The predicted octanol–water partition coefficient (Wildman–Crippen LogP) is 3.50. The average Bonchev–Trinajstić information content (AvgIpc) is 3.11. The number of hydrogen-bond donors (Lipinski definition) is 2. The molecule has 2 aliphatic heterocycles. The van der Waals surface area contributed by atoms with Crippen LogP contribution in [0.3, 0.4) is 0 Å². The Kier molecular flexibility index (Phi) is 6.83. The van der Waals surface area contributed by atoms with Crippen molar-refractivity contribution in [1.82, 2.24) is 10.6 Å². The van der Waals surface area contributed by atoms with Crippen LogP contribution in [0.15, 0.2) is 24.3 Å². The molecule has 0 spiro atoms. The Morgan fingerprint density at radius 3 is 2.70 bits per heavy atom. The Balaban J connectivity index is 0.00000210. The second-order valence-corrected chi connectivity index (χ2v) is 8.53. The van der Waals surface area contributed by atoms with Gasteiger partial charge in [0, 0.05) is 31.2 Å². The fourth-order valence-electron chi connectivity index (χ4n) is 5.37. The zero-order valence-electron chi connectivity index (χ0n) is 16.3. The van der Waals surface area contributed by atoms with E-state index in [9.17, 15) is 4.79 Å². The highest BCUT2D eigenvalue weighted by Gasteiger charge is 2.40. The topological polar surface area (TPSA) is 50.4 Å². The first-order chi connectivity index (χ1) is 12.7. The van der Waals surface area contributed by atoms with Crippen LogP contribution in [-0.4, -0.2) is 37.7 Å². The Morgan fingerprint density at radius 1 is 1.22 bits per heavy atom. The first kappa shape index (κ1) is 20.6. The van der Waals surface area contributed by atoms with Crippen LogP contribution in [0.2, 0.25) is 0 Å². The molecule has 2 heterocycles. The monoisotopic (exact) mass is 392 g/mol. The summed E-state index contributed by atoms with van der Waals surface area (Å²) in [5, 5.41) is 6.92. The molecule has 4 nitrogen and oxygen atoms in total. The number of rotatable bonds is 4. The van der Waals surface area contributed by atoms with Gasteiger partial charge in [0.15, 0.2) is 0 Å². The molecule has 1 aliphatic carbocycles. The number of aryl methyl sites for hydroxylation is 1. The standard InChI is InChI=1S/C22H32N2O2.ClH/c1-16-6-2-4-8-18(16)22(10-12-26-13-11-22)15-23-21(25)20-14-17-7-3-5-9-19(17)24-20;/h2,4,6,8,17,19-20,24H,3,5,7,9-15H2,1H3,(H,23,25);1H. The van der Waals surface area contributed by atoms with Crippen LogP contribution in [0.1, 0.15) is 56.1 Å². The number of ether oxygens (including phenoxy) is 1. The van der Waals surface area contributed by atoms with E-state index in [4.69, 9.17) is 4.74 Å². The van der Waals surface area contributed by atoms with Gasteiger partial charge < -0.3 is 15.4 Å². The predicted molar refractivity (Wildman–Crippen MR) is 110 cm³/mol. The number of carbonyl (C=O) groups is 1. The van der Waals surface area contributed by atoms with Crippen LogP contribution < -0.4 is 10.6 Å². The number of carbonyl (C=O) groups excluding carboxylic acids is 1. The van der Waals surface area contributed by atoms with Crippen LogP contribution in [0.5, 0.6) is 0 Å². The van der Waals surface area contributed by atoms with Gasteiger partial charge in [0.1, 0.15) is 0 Å². The summed E-state index contributed by atoms with van der Waals surface area (Å²) in [5.41, 5.74) is 2.69. The molecule has 0 radical (unpaired) electrons. The van der Waals surface area contributed by atoms with Gasteiger partial charge >= 0.3 is 0 Å². The van der Waals surface area contributed by atoms with Gasteiger partial charge in [0.2, 0.25) is 5.91 Å². The summed E-state index contributed by atoms with van der Waals surface area (Å²) >= 11 is 0. The molecule has 1 aromatic rings. The molecule has 0 bridgehead atoms. The van der Waals surface area contributed by atoms with Gasteiger partial charge in [0.25, 0.3) is 0 Å². The molecule has 27 heavy (non-hydrogen) atoms. The van der Waals surface area contributed by atoms with Gasteiger partial charge in [-0.05, 0) is 56.1 Å². The van der Waals surface area contributed by atoms with Gasteiger partial charge in [-0.3, -0.25) is 4.79 Å². The van der Waals surface area contributed by atoms with Crippen molar-refractivity contribution in [2.24, 2.45) is 5.92 Å². The minimum atomic E-state index is -0.00291. The summed E-state index contributed by atoms with van der Waals surface area (Å²) in [5.74, 6) is 0.895. The number of nitrogens with one attached hydrogen (secondary N) is 2. The van der Waals surface area contributed by atoms with E-state index in [2.05, 4.69) is 41.8 Å². The maximum atomic E-state index is 12.9. The maximum Gasteiger partial charge on any atom is 0.237 e. The summed E-state index contributed by atoms with van der Waals surface area (Å²) in [4.78, 5) is 12.9. The molecule has 0 aromatic heterocycles. The summed E-state index contributed by atoms with van der Waals surface area (Å²) in [6.07, 6.45) is 8.11. The number of fused-ring (bicyclic) bond motifs is 1. The Labute approximate surface area is 169 Å². The molecule has 1 saturated carbocycles. The summed E-state index contributed by atoms with van der Waals surface area (Å²) in [7, 11) is 0. The SMILES string of the molecule is Cc1ccccc1C1(CNC(=O)C2CC3CCCCC3N2)CCOCC1.Cl. The van der Waals surface area contributed by atoms with E-state index in [-0.39, 0.29) is 29.8 Å². The molecule has 2 saturated heterocycles. The van der Waals surface area contributed by atoms with Crippen molar-refractivity contribution in [3.05, 3.63) is 35.4 Å². The third kappa shape index (κ3) is 4.33. The number of halogens is 1. The molecule has 3 fully saturated rings. The zero-order valence-corrected chi connectivity index (χ0v) is 17.2. The summed E-state index contributed by atoms with van der Waals surface area (Å²) in [6.45, 7) is 4.44. The lowest BCUT2D eigenvalue weighted by molar-refractivity contribution is -0.123. The van der Waals surface area contributed by atoms with Crippen LogP contribution in [0.4, 0.5) is 0 Å². The van der Waals surface area contributed by atoms with Crippen LogP contribution in [0.25, 0.3) is 0 Å². The normalized spacial score (nSPS) is 29.4. The zero-order chi connectivity index (χ0) is 18.0. The molecule has 4 rings (SSSR count). The second-order valence-electron chi connectivity index (χ2n) is 8.53. The lowest BCUT2D eigenvalue weighted by Crippen LogP contribution is -2.49. The minimum Gasteiger partial charge on any atom is -0.381 e. The molecular formula is C22H33ClN2O2. The van der Waals surface area contributed by atoms with E-state index in [1.165, 1.54) is 36.8 Å². The van der Waals surface area contributed by atoms with E-state index >= 15 is 0 Å². The largest absolute Gasteiger partial charge is 0.381 e. The number of benzene rings is 1. The first-order valence-electron chi connectivity index (χ1n) is 10.4. The molecular weight excluding hydrogens is 360 g/mol. The van der Waals surface area contributed by atoms with Crippen molar-refractivity contribution in [2.75, 3.05) is 19.8 Å². The Bertz CT molecular complexity index is 631. The highest BCUT2D eigenvalue weighted by atomic mass is 35.5. The molecule has 1 aromatic carbocycles. The van der Waals surface area contributed by atoms with E-state index < -0.39 is 0 Å². The van der Waals surface area contributed by atoms with Crippen LogP contribution >= 0.6 is 12.4 Å². The van der Waals surface area contributed by atoms with E-state index in [1.54, 1.807) is 0 Å². The van der Waals surface area contributed by atoms with Gasteiger partial charge in [-0.25, -0.2) is 0 Å².